The van der Waals surface area contributed by atoms with E-state index in [9.17, 15) is 19.5 Å². The van der Waals surface area contributed by atoms with E-state index in [0.717, 1.165) is 40.8 Å². The van der Waals surface area contributed by atoms with Crippen molar-refractivity contribution in [1.29, 1.82) is 0 Å². The lowest BCUT2D eigenvalue weighted by Crippen LogP contribution is -2.45. The molecule has 0 bridgehead atoms. The Hall–Kier alpha value is -5.21. The van der Waals surface area contributed by atoms with Gasteiger partial charge in [-0.3, -0.25) is 14.4 Å². The van der Waals surface area contributed by atoms with Gasteiger partial charge >= 0.3 is 5.97 Å². The molecule has 0 saturated heterocycles. The third-order valence-electron chi connectivity index (χ3n) is 9.31. The number of carbonyl (C=O) groups excluding carboxylic acids is 3. The van der Waals surface area contributed by atoms with Crippen molar-refractivity contribution in [3.63, 3.8) is 0 Å². The fourth-order valence-electron chi connectivity index (χ4n) is 6.43. The number of rotatable bonds is 13. The van der Waals surface area contributed by atoms with Gasteiger partial charge in [-0.25, -0.2) is 0 Å². The molecule has 8 nitrogen and oxygen atoms in total. The quantitative estimate of drug-likeness (QED) is 0.108. The van der Waals surface area contributed by atoms with Crippen LogP contribution in [-0.2, 0) is 45.0 Å². The van der Waals surface area contributed by atoms with Crippen molar-refractivity contribution in [2.24, 2.45) is 11.8 Å². The smallest absolute Gasteiger partial charge is 0.309 e. The number of nitrogens with one attached hydrogen (secondary N) is 2. The molecule has 8 heteroatoms. The predicted molar refractivity (Wildman–Crippen MR) is 202 cm³/mol. The molecule has 4 atom stereocenters. The Balaban J connectivity index is 1.21. The van der Waals surface area contributed by atoms with E-state index < -0.39 is 18.0 Å². The monoisotopic (exact) mass is 702 g/mol. The number of carbonyl (C=O) groups is 3. The van der Waals surface area contributed by atoms with E-state index in [-0.39, 0.29) is 43.3 Å². The van der Waals surface area contributed by atoms with Crippen molar-refractivity contribution in [2.75, 3.05) is 13.2 Å². The maximum atomic E-state index is 13.8. The summed E-state index contributed by atoms with van der Waals surface area (Å²) >= 11 is 0. The molecule has 2 amide bonds. The molecule has 1 aliphatic heterocycles. The van der Waals surface area contributed by atoms with Gasteiger partial charge in [0, 0.05) is 6.42 Å². The van der Waals surface area contributed by atoms with Crippen LogP contribution >= 0.6 is 0 Å². The summed E-state index contributed by atoms with van der Waals surface area (Å²) in [5, 5.41) is 16.2. The van der Waals surface area contributed by atoms with E-state index in [1.807, 2.05) is 127 Å². The van der Waals surface area contributed by atoms with Gasteiger partial charge in [-0.2, -0.15) is 0 Å². The number of hydrogen-bond donors (Lipinski definition) is 3. The van der Waals surface area contributed by atoms with Crippen LogP contribution in [-0.4, -0.2) is 48.2 Å². The molecule has 0 aromatic heterocycles. The van der Waals surface area contributed by atoms with Gasteiger partial charge in [0.25, 0.3) is 0 Å². The van der Waals surface area contributed by atoms with E-state index >= 15 is 0 Å². The van der Waals surface area contributed by atoms with Gasteiger partial charge in [-0.15, -0.1) is 0 Å². The molecule has 5 rings (SSSR count). The fraction of sp³-hybridized carbons (Fsp3) is 0.341. The molecular weight excluding hydrogens is 652 g/mol. The number of hydrogen-bond acceptors (Lipinski definition) is 6. The van der Waals surface area contributed by atoms with Gasteiger partial charge in [-0.05, 0) is 79.3 Å². The largest absolute Gasteiger partial charge is 0.489 e. The molecule has 3 N–H and O–H groups in total. The van der Waals surface area contributed by atoms with Gasteiger partial charge in [0.05, 0.1) is 30.5 Å². The summed E-state index contributed by atoms with van der Waals surface area (Å²) in [4.78, 5) is 40.6. The lowest BCUT2D eigenvalue weighted by Gasteiger charge is -2.24. The Bertz CT molecular complexity index is 1700. The van der Waals surface area contributed by atoms with Gasteiger partial charge < -0.3 is 25.2 Å². The molecule has 52 heavy (non-hydrogen) atoms. The van der Waals surface area contributed by atoms with Crippen LogP contribution in [0.2, 0.25) is 0 Å². The second-order valence-corrected chi connectivity index (χ2v) is 13.5. The Morgan fingerprint density at radius 1 is 0.788 bits per heavy atom. The van der Waals surface area contributed by atoms with E-state index in [1.54, 1.807) is 0 Å². The predicted octanol–water partition coefficient (Wildman–Crippen LogP) is 6.55. The van der Waals surface area contributed by atoms with Crippen molar-refractivity contribution in [1.82, 2.24) is 10.6 Å². The fourth-order valence-corrected chi connectivity index (χ4v) is 6.43. The highest BCUT2D eigenvalue weighted by Crippen LogP contribution is 2.20. The minimum Gasteiger partial charge on any atom is -0.489 e. The van der Waals surface area contributed by atoms with Crippen LogP contribution in [0, 0.1) is 11.8 Å². The highest BCUT2D eigenvalue weighted by Gasteiger charge is 2.27. The number of benzene rings is 4. The van der Waals surface area contributed by atoms with E-state index in [4.69, 9.17) is 9.47 Å². The SMILES string of the molecule is O=C(C[C@H]1CC=CCCC[C@H](Cc2ccccc2)C(=O)OC[C@H](Cc2ccccc2)NC1=O)N[C@H](CO)Cc1ccc(OCc2ccccc2)cc1. The summed E-state index contributed by atoms with van der Waals surface area (Å²) in [7, 11) is 0. The van der Waals surface area contributed by atoms with E-state index in [2.05, 4.69) is 10.6 Å². The summed E-state index contributed by atoms with van der Waals surface area (Å²) in [6.45, 7) is 0.250. The van der Waals surface area contributed by atoms with Crippen LogP contribution in [0.4, 0.5) is 0 Å². The van der Waals surface area contributed by atoms with Crippen molar-refractivity contribution < 1.29 is 29.0 Å². The Morgan fingerprint density at radius 3 is 2.08 bits per heavy atom. The third kappa shape index (κ3) is 12.8. The molecule has 1 aliphatic rings. The Morgan fingerprint density at radius 2 is 1.42 bits per heavy atom. The molecule has 0 aliphatic carbocycles. The number of ether oxygens (including phenoxy) is 2. The van der Waals surface area contributed by atoms with Crippen LogP contribution in [0.1, 0.15) is 54.4 Å². The van der Waals surface area contributed by atoms with E-state index in [0.29, 0.717) is 38.7 Å². The molecule has 272 valence electrons. The Kier molecular flexibility index (Phi) is 15.1. The molecule has 0 unspecified atom stereocenters. The normalized spacial score (nSPS) is 19.1. The van der Waals surface area contributed by atoms with Crippen molar-refractivity contribution in [3.8, 4) is 5.75 Å². The molecule has 0 fully saturated rings. The van der Waals surface area contributed by atoms with Gasteiger partial charge in [0.1, 0.15) is 19.0 Å². The summed E-state index contributed by atoms with van der Waals surface area (Å²) in [6.07, 6.45) is 8.06. The zero-order chi connectivity index (χ0) is 36.4. The second-order valence-electron chi connectivity index (χ2n) is 13.5. The Labute approximate surface area is 307 Å². The minimum absolute atomic E-state index is 0.0299. The first-order valence-corrected chi connectivity index (χ1v) is 18.3. The van der Waals surface area contributed by atoms with Crippen molar-refractivity contribution >= 4 is 17.8 Å². The van der Waals surface area contributed by atoms with Crippen molar-refractivity contribution in [2.45, 2.75) is 70.1 Å². The highest BCUT2D eigenvalue weighted by molar-refractivity contribution is 5.86. The topological polar surface area (TPSA) is 114 Å². The molecular formula is C44H50N2O6. The lowest BCUT2D eigenvalue weighted by molar-refractivity contribution is -0.150. The van der Waals surface area contributed by atoms with Crippen LogP contribution in [0.3, 0.4) is 0 Å². The summed E-state index contributed by atoms with van der Waals surface area (Å²) in [5.41, 5.74) is 4.10. The molecule has 0 saturated carbocycles. The summed E-state index contributed by atoms with van der Waals surface area (Å²) in [6, 6.07) is 36.3. The maximum absolute atomic E-state index is 13.8. The number of aliphatic hydroxyl groups is 1. The summed E-state index contributed by atoms with van der Waals surface area (Å²) in [5.74, 6) is -1.05. The summed E-state index contributed by atoms with van der Waals surface area (Å²) < 4.78 is 11.8. The third-order valence-corrected chi connectivity index (χ3v) is 9.31. The van der Waals surface area contributed by atoms with E-state index in [1.165, 1.54) is 0 Å². The van der Waals surface area contributed by atoms with Crippen LogP contribution in [0.25, 0.3) is 0 Å². The minimum atomic E-state index is -0.639. The zero-order valence-corrected chi connectivity index (χ0v) is 29.7. The average Bonchev–Trinajstić information content (AvgIpc) is 3.17. The van der Waals surface area contributed by atoms with Gasteiger partial charge in [0.2, 0.25) is 11.8 Å². The first-order chi connectivity index (χ1) is 25.4. The first kappa shape index (κ1) is 38.0. The highest BCUT2D eigenvalue weighted by atomic mass is 16.5. The zero-order valence-electron chi connectivity index (χ0n) is 29.7. The van der Waals surface area contributed by atoms with Crippen LogP contribution in [0.5, 0.6) is 5.75 Å². The maximum Gasteiger partial charge on any atom is 0.309 e. The first-order valence-electron chi connectivity index (χ1n) is 18.3. The number of amides is 2. The standard InChI is InChI=1S/C44H50N2O6/c47-30-39(27-35-22-24-41(25-23-35)51-31-36-18-10-5-11-19-36)45-42(48)29-37-20-12-1-2-13-21-38(26-33-14-6-3-7-15-33)44(50)52-32-40(46-43(37)49)28-34-16-8-4-9-17-34/h1,3-12,14-19,22-25,37-40,47H,2,13,20-21,26-32H2,(H,45,48)(H,46,49)/t37-,38-,39+,40+/m1/s1. The van der Waals surface area contributed by atoms with Crippen LogP contribution in [0.15, 0.2) is 127 Å². The molecule has 0 radical (unpaired) electrons. The number of esters is 1. The molecule has 4 aromatic rings. The van der Waals surface area contributed by atoms with Crippen molar-refractivity contribution in [3.05, 3.63) is 150 Å². The lowest BCUT2D eigenvalue weighted by atomic mass is 9.93. The van der Waals surface area contributed by atoms with Crippen LogP contribution < -0.4 is 15.4 Å². The number of cyclic esters (lactones) is 1. The van der Waals surface area contributed by atoms with Gasteiger partial charge in [0.15, 0.2) is 0 Å². The van der Waals surface area contributed by atoms with Gasteiger partial charge in [-0.1, -0.05) is 115 Å². The molecule has 1 heterocycles. The number of allylic oxidation sites excluding steroid dienone is 2. The number of aliphatic hydroxyl groups excluding tert-OH is 1. The average molecular weight is 703 g/mol. The molecule has 4 aromatic carbocycles. The second kappa shape index (κ2) is 20.6. The molecule has 0 spiro atoms.